The molecule has 4 heteroatoms. The zero-order valence-electron chi connectivity index (χ0n) is 12.4. The lowest BCUT2D eigenvalue weighted by atomic mass is 10.1. The number of halogens is 1. The van der Waals surface area contributed by atoms with Crippen molar-refractivity contribution in [3.05, 3.63) is 63.5 Å². The fraction of sp³-hybridized carbons (Fsp3) is 0.353. The van der Waals surface area contributed by atoms with E-state index in [1.807, 2.05) is 30.3 Å². The number of rotatable bonds is 6. The summed E-state index contributed by atoms with van der Waals surface area (Å²) in [5.74, 6) is 1.21. The van der Waals surface area contributed by atoms with Crippen LogP contribution in [-0.2, 0) is 6.54 Å². The molecule has 0 aliphatic carbocycles. The van der Waals surface area contributed by atoms with Crippen LogP contribution in [0, 0.1) is 5.92 Å². The molecule has 0 fully saturated rings. The van der Waals surface area contributed by atoms with Gasteiger partial charge in [0.2, 0.25) is 0 Å². The van der Waals surface area contributed by atoms with E-state index in [1.54, 1.807) is 10.8 Å². The summed E-state index contributed by atoms with van der Waals surface area (Å²) in [6, 6.07) is 10.9. The van der Waals surface area contributed by atoms with Crippen molar-refractivity contribution >= 4 is 11.6 Å². The molecule has 2 aromatic rings. The highest BCUT2D eigenvalue weighted by molar-refractivity contribution is 6.31. The Morgan fingerprint density at radius 1 is 1.24 bits per heavy atom. The molecule has 0 aliphatic heterocycles. The highest BCUT2D eigenvalue weighted by atomic mass is 35.5. The highest BCUT2D eigenvalue weighted by Gasteiger charge is 2.04. The monoisotopic (exact) mass is 305 g/mol. The van der Waals surface area contributed by atoms with Gasteiger partial charge in [-0.3, -0.25) is 4.79 Å². The number of pyridine rings is 1. The van der Waals surface area contributed by atoms with Crippen LogP contribution in [0.3, 0.4) is 0 Å². The fourth-order valence-corrected chi connectivity index (χ4v) is 2.13. The highest BCUT2D eigenvalue weighted by Crippen LogP contribution is 2.16. The molecule has 0 unspecified atom stereocenters. The van der Waals surface area contributed by atoms with Gasteiger partial charge in [0.15, 0.2) is 0 Å². The van der Waals surface area contributed by atoms with Crippen LogP contribution in [0.15, 0.2) is 47.4 Å². The van der Waals surface area contributed by atoms with Crippen LogP contribution in [0.2, 0.25) is 5.02 Å². The SMILES string of the molecule is CC(C)CCOc1ccn(Cc2ccccc2Cl)c(=O)c1. The van der Waals surface area contributed by atoms with Gasteiger partial charge in [-0.2, -0.15) is 0 Å². The van der Waals surface area contributed by atoms with Crippen LogP contribution in [0.25, 0.3) is 0 Å². The number of hydrogen-bond acceptors (Lipinski definition) is 2. The molecule has 0 atom stereocenters. The third-order valence-electron chi connectivity index (χ3n) is 3.23. The molecule has 0 saturated heterocycles. The first-order chi connectivity index (χ1) is 10.1. The molecule has 0 amide bonds. The molecule has 1 aromatic heterocycles. The molecule has 2 rings (SSSR count). The van der Waals surface area contributed by atoms with Gasteiger partial charge in [0.25, 0.3) is 5.56 Å². The van der Waals surface area contributed by atoms with Gasteiger partial charge in [-0.05, 0) is 30.0 Å². The zero-order valence-corrected chi connectivity index (χ0v) is 13.1. The maximum absolute atomic E-state index is 12.1. The normalized spacial score (nSPS) is 10.9. The van der Waals surface area contributed by atoms with Crippen LogP contribution in [0.5, 0.6) is 5.75 Å². The van der Waals surface area contributed by atoms with E-state index in [1.165, 1.54) is 6.07 Å². The summed E-state index contributed by atoms with van der Waals surface area (Å²) < 4.78 is 7.21. The van der Waals surface area contributed by atoms with E-state index < -0.39 is 0 Å². The zero-order chi connectivity index (χ0) is 15.2. The van der Waals surface area contributed by atoms with Gasteiger partial charge in [0.1, 0.15) is 5.75 Å². The van der Waals surface area contributed by atoms with E-state index >= 15 is 0 Å². The van der Waals surface area contributed by atoms with Crippen LogP contribution >= 0.6 is 11.6 Å². The third kappa shape index (κ3) is 4.64. The summed E-state index contributed by atoms with van der Waals surface area (Å²) >= 11 is 6.12. The molecule has 0 radical (unpaired) electrons. The van der Waals surface area contributed by atoms with Gasteiger partial charge in [0.05, 0.1) is 13.2 Å². The number of ether oxygens (including phenoxy) is 1. The average Bonchev–Trinajstić information content (AvgIpc) is 2.43. The van der Waals surface area contributed by atoms with E-state index in [4.69, 9.17) is 16.3 Å². The van der Waals surface area contributed by atoms with Crippen molar-refractivity contribution in [3.63, 3.8) is 0 Å². The minimum atomic E-state index is -0.0861. The van der Waals surface area contributed by atoms with Gasteiger partial charge in [0, 0.05) is 17.3 Å². The standard InChI is InChI=1S/C17H20ClNO2/c1-13(2)8-10-21-15-7-9-19(17(20)11-15)12-14-5-3-4-6-16(14)18/h3-7,9,11,13H,8,10,12H2,1-2H3. The lowest BCUT2D eigenvalue weighted by Gasteiger charge is -2.10. The van der Waals surface area contributed by atoms with E-state index in [9.17, 15) is 4.79 Å². The summed E-state index contributed by atoms with van der Waals surface area (Å²) in [4.78, 5) is 12.1. The van der Waals surface area contributed by atoms with E-state index in [2.05, 4.69) is 13.8 Å². The molecular formula is C17H20ClNO2. The minimum absolute atomic E-state index is 0.0861. The molecule has 3 nitrogen and oxygen atoms in total. The Hall–Kier alpha value is -1.74. The Balaban J connectivity index is 2.06. The minimum Gasteiger partial charge on any atom is -0.493 e. The van der Waals surface area contributed by atoms with Crippen LogP contribution < -0.4 is 10.3 Å². The third-order valence-corrected chi connectivity index (χ3v) is 3.60. The molecule has 0 bridgehead atoms. The van der Waals surface area contributed by atoms with Gasteiger partial charge in [-0.25, -0.2) is 0 Å². The van der Waals surface area contributed by atoms with Gasteiger partial charge in [-0.1, -0.05) is 43.6 Å². The first-order valence-electron chi connectivity index (χ1n) is 7.13. The van der Waals surface area contributed by atoms with Gasteiger partial charge in [-0.15, -0.1) is 0 Å². The Labute approximate surface area is 130 Å². The predicted octanol–water partition coefficient (Wildman–Crippen LogP) is 3.97. The second kappa shape index (κ2) is 7.32. The Morgan fingerprint density at radius 3 is 2.67 bits per heavy atom. The number of nitrogens with zero attached hydrogens (tertiary/aromatic N) is 1. The number of hydrogen-bond donors (Lipinski definition) is 0. The fourth-order valence-electron chi connectivity index (χ4n) is 1.93. The van der Waals surface area contributed by atoms with Gasteiger partial charge >= 0.3 is 0 Å². The molecular weight excluding hydrogens is 286 g/mol. The number of benzene rings is 1. The first kappa shape index (κ1) is 15.6. The summed E-state index contributed by atoms with van der Waals surface area (Å²) in [6.07, 6.45) is 2.72. The first-order valence-corrected chi connectivity index (χ1v) is 7.51. The Bertz CT molecular complexity index is 649. The lowest BCUT2D eigenvalue weighted by molar-refractivity contribution is 0.288. The van der Waals surface area contributed by atoms with Gasteiger partial charge < -0.3 is 9.30 Å². The second-order valence-electron chi connectivity index (χ2n) is 5.45. The molecule has 1 heterocycles. The van der Waals surface area contributed by atoms with Crippen molar-refractivity contribution in [2.45, 2.75) is 26.8 Å². The van der Waals surface area contributed by atoms with Crippen molar-refractivity contribution in [2.24, 2.45) is 5.92 Å². The predicted molar refractivity (Wildman–Crippen MR) is 86.2 cm³/mol. The summed E-state index contributed by atoms with van der Waals surface area (Å²) in [7, 11) is 0. The summed E-state index contributed by atoms with van der Waals surface area (Å²) in [5.41, 5.74) is 0.840. The van der Waals surface area contributed by atoms with Crippen LogP contribution in [0.4, 0.5) is 0 Å². The van der Waals surface area contributed by atoms with E-state index in [0.29, 0.717) is 29.8 Å². The Morgan fingerprint density at radius 2 is 2.00 bits per heavy atom. The molecule has 0 spiro atoms. The molecule has 1 aromatic carbocycles. The van der Waals surface area contributed by atoms with Crippen molar-refractivity contribution in [1.29, 1.82) is 0 Å². The average molecular weight is 306 g/mol. The smallest absolute Gasteiger partial charge is 0.254 e. The quantitative estimate of drug-likeness (QED) is 0.808. The van der Waals surface area contributed by atoms with Crippen LogP contribution in [-0.4, -0.2) is 11.2 Å². The van der Waals surface area contributed by atoms with E-state index in [0.717, 1.165) is 12.0 Å². The lowest BCUT2D eigenvalue weighted by Crippen LogP contribution is -2.19. The molecule has 0 aliphatic rings. The summed E-state index contributed by atoms with van der Waals surface area (Å²) in [6.45, 7) is 5.38. The molecule has 0 saturated carbocycles. The maximum atomic E-state index is 12.1. The molecule has 21 heavy (non-hydrogen) atoms. The largest absolute Gasteiger partial charge is 0.493 e. The van der Waals surface area contributed by atoms with Crippen molar-refractivity contribution in [3.8, 4) is 5.75 Å². The van der Waals surface area contributed by atoms with Crippen LogP contribution in [0.1, 0.15) is 25.8 Å². The second-order valence-corrected chi connectivity index (χ2v) is 5.86. The summed E-state index contributed by atoms with van der Waals surface area (Å²) in [5, 5.41) is 0.668. The maximum Gasteiger partial charge on any atom is 0.254 e. The molecule has 0 N–H and O–H groups in total. The van der Waals surface area contributed by atoms with E-state index in [-0.39, 0.29) is 5.56 Å². The molecule has 112 valence electrons. The van der Waals surface area contributed by atoms with Crippen molar-refractivity contribution in [2.75, 3.05) is 6.61 Å². The van der Waals surface area contributed by atoms with Crippen molar-refractivity contribution in [1.82, 2.24) is 4.57 Å². The topological polar surface area (TPSA) is 31.2 Å². The van der Waals surface area contributed by atoms with Crippen molar-refractivity contribution < 1.29 is 4.74 Å². The number of aromatic nitrogens is 1. The Kier molecular flexibility index (Phi) is 5.45.